The Labute approximate surface area is 56.0 Å². The second kappa shape index (κ2) is 1.70. The molecule has 0 amide bonds. The van der Waals surface area contributed by atoms with Gasteiger partial charge >= 0.3 is 5.68 Å². The van der Waals surface area contributed by atoms with Crippen LogP contribution in [0.2, 0.25) is 0 Å². The summed E-state index contributed by atoms with van der Waals surface area (Å²) in [6.07, 6.45) is 5.05. The first kappa shape index (κ1) is 5.22. The highest BCUT2D eigenvalue weighted by atomic mass is 16.3. The first-order chi connectivity index (χ1) is 4.86. The summed E-state index contributed by atoms with van der Waals surface area (Å²) in [5, 5.41) is 7.91. The van der Waals surface area contributed by atoms with Crippen LogP contribution < -0.4 is 5.68 Å². The van der Waals surface area contributed by atoms with Crippen molar-refractivity contribution in [2.75, 3.05) is 0 Å². The number of aromatic nitrogens is 2. The van der Waals surface area contributed by atoms with Gasteiger partial charge in [-0.15, -0.1) is 0 Å². The van der Waals surface area contributed by atoms with E-state index in [1.807, 2.05) is 0 Å². The van der Waals surface area contributed by atoms with E-state index >= 15 is 0 Å². The summed E-state index contributed by atoms with van der Waals surface area (Å²) < 4.78 is 4.93. The van der Waals surface area contributed by atoms with Gasteiger partial charge in [0.15, 0.2) is 5.58 Å². The van der Waals surface area contributed by atoms with Crippen LogP contribution in [-0.2, 0) is 0 Å². The van der Waals surface area contributed by atoms with E-state index in [0.29, 0.717) is 5.58 Å². The normalized spacial score (nSPS) is 10.4. The lowest BCUT2D eigenvalue weighted by atomic mass is 10.4. The van der Waals surface area contributed by atoms with Crippen LogP contribution in [0.4, 0.5) is 0 Å². The summed E-state index contributed by atoms with van der Waals surface area (Å²) in [6.45, 7) is 0. The van der Waals surface area contributed by atoms with E-state index in [9.17, 15) is 0 Å². The van der Waals surface area contributed by atoms with Gasteiger partial charge in [0.25, 0.3) is 0 Å². The van der Waals surface area contributed by atoms with Crippen LogP contribution >= 0.6 is 0 Å². The minimum absolute atomic E-state index is 0.0629. The number of aromatic amines is 1. The molecule has 2 rings (SSSR count). The summed E-state index contributed by atoms with van der Waals surface area (Å²) in [7, 11) is 0. The van der Waals surface area contributed by atoms with E-state index in [1.54, 1.807) is 18.6 Å². The smallest absolute Gasteiger partial charge is 0.314 e. The number of nitrogens with one attached hydrogen (secondary N) is 2. The fourth-order valence-corrected chi connectivity index (χ4v) is 0.810. The van der Waals surface area contributed by atoms with Gasteiger partial charge in [-0.2, -0.15) is 0 Å². The van der Waals surface area contributed by atoms with Crippen molar-refractivity contribution in [1.82, 2.24) is 9.97 Å². The van der Waals surface area contributed by atoms with Crippen LogP contribution in [0.3, 0.4) is 0 Å². The molecule has 0 aromatic carbocycles. The molecule has 2 aromatic rings. The van der Waals surface area contributed by atoms with E-state index in [4.69, 9.17) is 9.83 Å². The average Bonchev–Trinajstić information content (AvgIpc) is 2.33. The molecule has 4 heteroatoms. The highest BCUT2D eigenvalue weighted by Gasteiger charge is 1.93. The van der Waals surface area contributed by atoms with Gasteiger partial charge in [-0.1, -0.05) is 0 Å². The van der Waals surface area contributed by atoms with E-state index in [0.717, 1.165) is 5.39 Å². The zero-order chi connectivity index (χ0) is 6.97. The van der Waals surface area contributed by atoms with E-state index < -0.39 is 0 Å². The van der Waals surface area contributed by atoms with Crippen molar-refractivity contribution in [1.29, 1.82) is 5.41 Å². The minimum Gasteiger partial charge on any atom is -0.422 e. The summed E-state index contributed by atoms with van der Waals surface area (Å²) >= 11 is 0. The molecule has 2 aromatic heterocycles. The number of H-pyrrole nitrogens is 1. The van der Waals surface area contributed by atoms with Crippen LogP contribution in [0.1, 0.15) is 0 Å². The third-order valence-electron chi connectivity index (χ3n) is 1.27. The minimum atomic E-state index is -0.0629. The van der Waals surface area contributed by atoms with Crippen molar-refractivity contribution in [3.63, 3.8) is 0 Å². The highest BCUT2D eigenvalue weighted by molar-refractivity contribution is 5.74. The lowest BCUT2D eigenvalue weighted by Gasteiger charge is -1.83. The van der Waals surface area contributed by atoms with Crippen molar-refractivity contribution in [3.05, 3.63) is 24.3 Å². The van der Waals surface area contributed by atoms with Crippen molar-refractivity contribution in [2.24, 2.45) is 0 Å². The van der Waals surface area contributed by atoms with Crippen LogP contribution in [0, 0.1) is 5.41 Å². The number of rotatable bonds is 0. The van der Waals surface area contributed by atoms with Crippen molar-refractivity contribution < 1.29 is 4.42 Å². The number of hydrogen-bond donors (Lipinski definition) is 2. The lowest BCUT2D eigenvalue weighted by Crippen LogP contribution is -2.00. The first-order valence-electron chi connectivity index (χ1n) is 2.83. The molecular formula is C6H5N3O. The van der Waals surface area contributed by atoms with Crippen LogP contribution in [0.25, 0.3) is 11.0 Å². The molecule has 4 nitrogen and oxygen atoms in total. The Morgan fingerprint density at radius 2 is 2.40 bits per heavy atom. The van der Waals surface area contributed by atoms with E-state index in [-0.39, 0.29) is 5.68 Å². The highest BCUT2D eigenvalue weighted by Crippen LogP contribution is 2.06. The Morgan fingerprint density at radius 1 is 1.50 bits per heavy atom. The van der Waals surface area contributed by atoms with Gasteiger partial charge in [0.1, 0.15) is 0 Å². The Bertz CT molecular complexity index is 400. The Kier molecular flexibility index (Phi) is 0.887. The zero-order valence-corrected chi connectivity index (χ0v) is 5.09. The predicted molar refractivity (Wildman–Crippen MR) is 34.2 cm³/mol. The Hall–Kier alpha value is -1.58. The first-order valence-corrected chi connectivity index (χ1v) is 2.83. The maximum Gasteiger partial charge on any atom is 0.314 e. The van der Waals surface area contributed by atoms with Gasteiger partial charge in [0.05, 0.1) is 5.39 Å². The zero-order valence-electron chi connectivity index (χ0n) is 5.09. The molecule has 0 spiro atoms. The van der Waals surface area contributed by atoms with Gasteiger partial charge in [-0.25, -0.2) is 10.4 Å². The molecule has 0 aliphatic carbocycles. The van der Waals surface area contributed by atoms with Crippen LogP contribution in [0.5, 0.6) is 0 Å². The molecule has 50 valence electrons. The fraction of sp³-hybridized carbons (Fsp3) is 0. The van der Waals surface area contributed by atoms with Crippen LogP contribution in [-0.4, -0.2) is 9.97 Å². The third-order valence-corrected chi connectivity index (χ3v) is 1.27. The summed E-state index contributed by atoms with van der Waals surface area (Å²) in [5.41, 5.74) is 0.604. The third kappa shape index (κ3) is 0.621. The molecule has 0 atom stereocenters. The maximum absolute atomic E-state index is 7.02. The van der Waals surface area contributed by atoms with Gasteiger partial charge in [-0.3, -0.25) is 0 Å². The molecule has 0 aliphatic heterocycles. The molecule has 0 saturated carbocycles. The molecule has 0 unspecified atom stereocenters. The molecule has 2 N–H and O–H groups in total. The second-order valence-corrected chi connectivity index (χ2v) is 1.94. The van der Waals surface area contributed by atoms with Gasteiger partial charge in [0, 0.05) is 18.6 Å². The molecule has 0 aliphatic rings. The molecule has 0 saturated heterocycles. The lowest BCUT2D eigenvalue weighted by molar-refractivity contribution is 0.502. The van der Waals surface area contributed by atoms with Crippen LogP contribution in [0.15, 0.2) is 23.0 Å². The fourth-order valence-electron chi connectivity index (χ4n) is 0.810. The molecular weight excluding hydrogens is 130 g/mol. The second-order valence-electron chi connectivity index (χ2n) is 1.94. The standard InChI is InChI=1S/C6H5N3O/c7-6-9-2-4-1-8-3-5(4)10-6/h1-3,7-8H. The number of fused-ring (bicyclic) bond motifs is 1. The average molecular weight is 135 g/mol. The van der Waals surface area contributed by atoms with Gasteiger partial charge in [0.2, 0.25) is 0 Å². The quantitative estimate of drug-likeness (QED) is 0.556. The van der Waals surface area contributed by atoms with E-state index in [1.165, 1.54) is 0 Å². The summed E-state index contributed by atoms with van der Waals surface area (Å²) in [6, 6.07) is 0. The topological polar surface area (TPSA) is 65.7 Å². The monoisotopic (exact) mass is 135 g/mol. The molecule has 10 heavy (non-hydrogen) atoms. The largest absolute Gasteiger partial charge is 0.422 e. The maximum atomic E-state index is 7.02. The van der Waals surface area contributed by atoms with Crippen molar-refractivity contribution in [2.45, 2.75) is 0 Å². The Balaban J connectivity index is 2.99. The molecule has 2 heterocycles. The van der Waals surface area contributed by atoms with Gasteiger partial charge < -0.3 is 9.40 Å². The van der Waals surface area contributed by atoms with E-state index in [2.05, 4.69) is 9.97 Å². The number of nitrogens with zero attached hydrogens (tertiary/aromatic N) is 1. The summed E-state index contributed by atoms with van der Waals surface area (Å²) in [4.78, 5) is 6.51. The number of hydrogen-bond acceptors (Lipinski definition) is 3. The summed E-state index contributed by atoms with van der Waals surface area (Å²) in [5.74, 6) is 0. The van der Waals surface area contributed by atoms with Gasteiger partial charge in [-0.05, 0) is 0 Å². The SMILES string of the molecule is N=c1ncc2c[nH]cc2o1. The van der Waals surface area contributed by atoms with Crippen molar-refractivity contribution in [3.8, 4) is 0 Å². The predicted octanol–water partition coefficient (Wildman–Crippen LogP) is 0.635. The van der Waals surface area contributed by atoms with Crippen molar-refractivity contribution >= 4 is 11.0 Å². The molecule has 0 radical (unpaired) electrons. The Morgan fingerprint density at radius 3 is 3.30 bits per heavy atom. The molecule has 0 bridgehead atoms. The molecule has 0 fully saturated rings.